The van der Waals surface area contributed by atoms with Gasteiger partial charge in [0, 0.05) is 17.4 Å². The van der Waals surface area contributed by atoms with Crippen molar-refractivity contribution in [2.45, 2.75) is 6.92 Å². The second-order valence-electron chi connectivity index (χ2n) is 6.50. The Balaban J connectivity index is 1.75. The molecule has 0 saturated carbocycles. The Morgan fingerprint density at radius 2 is 1.61 bits per heavy atom. The van der Waals surface area contributed by atoms with Gasteiger partial charge in [-0.25, -0.2) is 9.07 Å². The van der Waals surface area contributed by atoms with E-state index in [-0.39, 0.29) is 11.7 Å². The Hall–Kier alpha value is -3.73. The molecule has 3 aromatic carbocycles. The smallest absolute Gasteiger partial charge is 0.259 e. The van der Waals surface area contributed by atoms with Crippen molar-refractivity contribution in [3.8, 4) is 16.9 Å². The topological polar surface area (TPSA) is 46.9 Å². The van der Waals surface area contributed by atoms with Crippen LogP contribution in [0.25, 0.3) is 16.9 Å². The van der Waals surface area contributed by atoms with Crippen LogP contribution in [0.4, 0.5) is 10.1 Å². The molecule has 1 N–H and O–H groups in total. The first kappa shape index (κ1) is 17.7. The zero-order valence-electron chi connectivity index (χ0n) is 15.3. The minimum atomic E-state index is -0.336. The first-order valence-corrected chi connectivity index (χ1v) is 8.89. The molecule has 0 aliphatic heterocycles. The maximum atomic E-state index is 13.3. The van der Waals surface area contributed by atoms with E-state index in [1.165, 1.54) is 12.1 Å². The molecule has 0 saturated heterocycles. The van der Waals surface area contributed by atoms with Crippen LogP contribution in [0.5, 0.6) is 0 Å². The fourth-order valence-corrected chi connectivity index (χ4v) is 2.91. The quantitative estimate of drug-likeness (QED) is 0.533. The minimum absolute atomic E-state index is 0.273. The molecule has 0 aliphatic carbocycles. The fraction of sp³-hybridized carbons (Fsp3) is 0.0435. The zero-order valence-corrected chi connectivity index (χ0v) is 15.3. The van der Waals surface area contributed by atoms with Gasteiger partial charge in [0.05, 0.1) is 11.3 Å². The fourth-order valence-electron chi connectivity index (χ4n) is 2.91. The van der Waals surface area contributed by atoms with Crippen LogP contribution in [0.2, 0.25) is 0 Å². The van der Waals surface area contributed by atoms with Gasteiger partial charge in [-0.2, -0.15) is 5.10 Å². The molecule has 0 bridgehead atoms. The average Bonchev–Trinajstić information content (AvgIpc) is 3.17. The van der Waals surface area contributed by atoms with E-state index in [0.29, 0.717) is 22.5 Å². The van der Waals surface area contributed by atoms with Crippen molar-refractivity contribution in [3.63, 3.8) is 0 Å². The number of carbonyl (C=O) groups excluding carboxylic acids is 1. The molecule has 0 radical (unpaired) electrons. The number of amides is 1. The zero-order chi connectivity index (χ0) is 19.5. The van der Waals surface area contributed by atoms with Gasteiger partial charge in [-0.3, -0.25) is 4.79 Å². The highest BCUT2D eigenvalue weighted by Crippen LogP contribution is 2.25. The summed E-state index contributed by atoms with van der Waals surface area (Å²) in [6.45, 7) is 1.99. The summed E-state index contributed by atoms with van der Waals surface area (Å²) in [5, 5.41) is 7.50. The van der Waals surface area contributed by atoms with Gasteiger partial charge in [-0.05, 0) is 55.5 Å². The minimum Gasteiger partial charge on any atom is -0.322 e. The van der Waals surface area contributed by atoms with Crippen molar-refractivity contribution in [2.75, 3.05) is 5.32 Å². The second kappa shape index (κ2) is 7.48. The molecule has 5 heteroatoms. The highest BCUT2D eigenvalue weighted by atomic mass is 19.1. The Morgan fingerprint density at radius 1 is 0.929 bits per heavy atom. The van der Waals surface area contributed by atoms with Crippen LogP contribution >= 0.6 is 0 Å². The van der Waals surface area contributed by atoms with Gasteiger partial charge in [0.2, 0.25) is 0 Å². The molecule has 0 atom stereocenters. The number of hydrogen-bond acceptors (Lipinski definition) is 2. The summed E-state index contributed by atoms with van der Waals surface area (Å²) in [6.07, 6.45) is 1.69. The van der Waals surface area contributed by atoms with Crippen LogP contribution in [0.3, 0.4) is 0 Å². The van der Waals surface area contributed by atoms with Crippen molar-refractivity contribution >= 4 is 11.6 Å². The van der Waals surface area contributed by atoms with Crippen molar-refractivity contribution in [2.24, 2.45) is 0 Å². The molecular weight excluding hydrogens is 353 g/mol. The highest BCUT2D eigenvalue weighted by molar-refractivity contribution is 6.08. The maximum absolute atomic E-state index is 13.3. The number of benzene rings is 3. The number of nitrogens with zero attached hydrogens (tertiary/aromatic N) is 2. The molecule has 1 aromatic heterocycles. The number of rotatable bonds is 4. The number of para-hydroxylation sites is 1. The van der Waals surface area contributed by atoms with E-state index in [2.05, 4.69) is 10.4 Å². The molecule has 1 heterocycles. The second-order valence-corrected chi connectivity index (χ2v) is 6.50. The summed E-state index contributed by atoms with van der Waals surface area (Å²) in [6, 6.07) is 23.1. The largest absolute Gasteiger partial charge is 0.322 e. The van der Waals surface area contributed by atoms with Gasteiger partial charge in [0.1, 0.15) is 11.5 Å². The van der Waals surface area contributed by atoms with Crippen LogP contribution in [0, 0.1) is 12.7 Å². The number of nitrogens with one attached hydrogen (secondary N) is 1. The summed E-state index contributed by atoms with van der Waals surface area (Å²) < 4.78 is 15.0. The van der Waals surface area contributed by atoms with Gasteiger partial charge in [-0.1, -0.05) is 35.9 Å². The predicted octanol–water partition coefficient (Wildman–Crippen LogP) is 5.24. The van der Waals surface area contributed by atoms with Crippen molar-refractivity contribution < 1.29 is 9.18 Å². The van der Waals surface area contributed by atoms with E-state index in [9.17, 15) is 9.18 Å². The lowest BCUT2D eigenvalue weighted by molar-refractivity contribution is 0.102. The van der Waals surface area contributed by atoms with E-state index in [1.807, 2.05) is 61.5 Å². The van der Waals surface area contributed by atoms with E-state index in [4.69, 9.17) is 0 Å². The van der Waals surface area contributed by atoms with E-state index in [1.54, 1.807) is 23.0 Å². The first-order valence-electron chi connectivity index (χ1n) is 8.89. The van der Waals surface area contributed by atoms with Gasteiger partial charge in [0.15, 0.2) is 0 Å². The molecule has 28 heavy (non-hydrogen) atoms. The normalized spacial score (nSPS) is 10.6. The Morgan fingerprint density at radius 3 is 2.29 bits per heavy atom. The van der Waals surface area contributed by atoms with Gasteiger partial charge >= 0.3 is 0 Å². The van der Waals surface area contributed by atoms with Crippen LogP contribution in [-0.4, -0.2) is 15.7 Å². The third-order valence-corrected chi connectivity index (χ3v) is 4.41. The van der Waals surface area contributed by atoms with E-state index < -0.39 is 0 Å². The van der Waals surface area contributed by atoms with Crippen LogP contribution in [0.1, 0.15) is 15.9 Å². The predicted molar refractivity (Wildman–Crippen MR) is 108 cm³/mol. The number of aryl methyl sites for hydroxylation is 1. The molecule has 138 valence electrons. The maximum Gasteiger partial charge on any atom is 0.259 e. The lowest BCUT2D eigenvalue weighted by atomic mass is 10.1. The standard InChI is InChI=1S/C23H18FN3O/c1-16-7-13-19(14-8-16)25-23(28)21-15-27(20-5-3-2-4-6-20)26-22(21)17-9-11-18(24)12-10-17/h2-15H,1H3,(H,25,28). The number of hydrogen-bond donors (Lipinski definition) is 1. The highest BCUT2D eigenvalue weighted by Gasteiger charge is 2.19. The monoisotopic (exact) mass is 371 g/mol. The number of anilines is 1. The lowest BCUT2D eigenvalue weighted by Gasteiger charge is -2.06. The van der Waals surface area contributed by atoms with E-state index in [0.717, 1.165) is 11.3 Å². The SMILES string of the molecule is Cc1ccc(NC(=O)c2cn(-c3ccccc3)nc2-c2ccc(F)cc2)cc1. The molecule has 0 spiro atoms. The van der Waals surface area contributed by atoms with Crippen molar-refractivity contribution in [1.29, 1.82) is 0 Å². The Kier molecular flexibility index (Phi) is 4.72. The summed E-state index contributed by atoms with van der Waals surface area (Å²) in [4.78, 5) is 13.0. The third-order valence-electron chi connectivity index (χ3n) is 4.41. The van der Waals surface area contributed by atoms with Crippen LogP contribution in [-0.2, 0) is 0 Å². The number of halogens is 1. The molecule has 0 aliphatic rings. The first-order chi connectivity index (χ1) is 13.6. The van der Waals surface area contributed by atoms with Crippen LogP contribution < -0.4 is 5.32 Å². The van der Waals surface area contributed by atoms with E-state index >= 15 is 0 Å². The Labute approximate surface area is 162 Å². The summed E-state index contributed by atoms with van der Waals surface area (Å²) in [7, 11) is 0. The number of aromatic nitrogens is 2. The molecule has 4 rings (SSSR count). The van der Waals surface area contributed by atoms with Gasteiger partial charge < -0.3 is 5.32 Å². The molecule has 4 aromatic rings. The molecule has 0 unspecified atom stereocenters. The third kappa shape index (κ3) is 3.69. The average molecular weight is 371 g/mol. The van der Waals surface area contributed by atoms with Crippen molar-refractivity contribution in [3.05, 3.63) is 102 Å². The lowest BCUT2D eigenvalue weighted by Crippen LogP contribution is -2.12. The summed E-state index contributed by atoms with van der Waals surface area (Å²) in [5.41, 5.74) is 4.23. The molecule has 4 nitrogen and oxygen atoms in total. The molecule has 0 fully saturated rings. The number of carbonyl (C=O) groups is 1. The van der Waals surface area contributed by atoms with Crippen LogP contribution in [0.15, 0.2) is 85.1 Å². The Bertz CT molecular complexity index is 1100. The molecular formula is C23H18FN3O. The molecule has 1 amide bonds. The summed E-state index contributed by atoms with van der Waals surface area (Å²) in [5.74, 6) is -0.609. The van der Waals surface area contributed by atoms with Gasteiger partial charge in [0.25, 0.3) is 5.91 Å². The van der Waals surface area contributed by atoms with Crippen molar-refractivity contribution in [1.82, 2.24) is 9.78 Å². The summed E-state index contributed by atoms with van der Waals surface area (Å²) >= 11 is 0. The van der Waals surface area contributed by atoms with Gasteiger partial charge in [-0.15, -0.1) is 0 Å².